The summed E-state index contributed by atoms with van der Waals surface area (Å²) in [5.41, 5.74) is 0. The molecule has 0 aliphatic carbocycles. The van der Waals surface area contributed by atoms with Crippen LogP contribution in [0.15, 0.2) is 17.5 Å². The normalized spacial score (nSPS) is 17.0. The fourth-order valence-electron chi connectivity index (χ4n) is 2.39. The molecule has 0 spiro atoms. The number of nitrogens with zero attached hydrogens (tertiary/aromatic N) is 1. The molecule has 0 aromatic carbocycles. The average molecular weight is 325 g/mol. The van der Waals surface area contributed by atoms with Crippen LogP contribution in [0.1, 0.15) is 24.3 Å². The molecule has 1 fully saturated rings. The summed E-state index contributed by atoms with van der Waals surface area (Å²) in [6, 6.07) is 3.61. The van der Waals surface area contributed by atoms with Gasteiger partial charge in [0, 0.05) is 38.0 Å². The Morgan fingerprint density at radius 1 is 1.41 bits per heavy atom. The molecule has 2 rings (SSSR count). The van der Waals surface area contributed by atoms with E-state index in [0.29, 0.717) is 6.54 Å². The number of ether oxygens (including phenoxy) is 1. The van der Waals surface area contributed by atoms with E-state index >= 15 is 0 Å². The Labute approximate surface area is 134 Å². The van der Waals surface area contributed by atoms with Crippen LogP contribution in [0, 0.1) is 0 Å². The third-order valence-electron chi connectivity index (χ3n) is 3.51. The molecule has 1 aliphatic heterocycles. The molecule has 1 atom stereocenters. The summed E-state index contributed by atoms with van der Waals surface area (Å²) in [6.07, 6.45) is 0.267. The molecule has 1 aliphatic rings. The average Bonchev–Trinajstić information content (AvgIpc) is 3.01. The summed E-state index contributed by atoms with van der Waals surface area (Å²) in [7, 11) is 0. The van der Waals surface area contributed by atoms with Gasteiger partial charge in [-0.15, -0.1) is 11.3 Å². The number of morpholine rings is 1. The molecule has 0 radical (unpaired) electrons. The summed E-state index contributed by atoms with van der Waals surface area (Å²) < 4.78 is 5.29. The second-order valence-corrected chi connectivity index (χ2v) is 6.26. The van der Waals surface area contributed by atoms with E-state index in [-0.39, 0.29) is 24.3 Å². The molecule has 6 nitrogen and oxygen atoms in total. The van der Waals surface area contributed by atoms with E-state index in [4.69, 9.17) is 4.74 Å². The maximum Gasteiger partial charge on any atom is 0.222 e. The molecule has 1 aromatic heterocycles. The summed E-state index contributed by atoms with van der Waals surface area (Å²) >= 11 is 1.54. The summed E-state index contributed by atoms with van der Waals surface area (Å²) in [5.74, 6) is -0.167. The van der Waals surface area contributed by atoms with E-state index in [9.17, 15) is 9.59 Å². The number of hydrogen-bond donors (Lipinski definition) is 2. The maximum absolute atomic E-state index is 12.1. The van der Waals surface area contributed by atoms with Gasteiger partial charge in [-0.3, -0.25) is 14.5 Å². The molecule has 2 heterocycles. The van der Waals surface area contributed by atoms with Crippen molar-refractivity contribution in [2.45, 2.75) is 19.4 Å². The Bertz CT molecular complexity index is 472. The van der Waals surface area contributed by atoms with Gasteiger partial charge in [-0.2, -0.15) is 0 Å². The minimum atomic E-state index is -0.249. The smallest absolute Gasteiger partial charge is 0.222 e. The first-order chi connectivity index (χ1) is 10.6. The van der Waals surface area contributed by atoms with E-state index in [2.05, 4.69) is 15.5 Å². The predicted octanol–water partition coefficient (Wildman–Crippen LogP) is 0.764. The van der Waals surface area contributed by atoms with Crippen LogP contribution in [0.4, 0.5) is 0 Å². The molecular weight excluding hydrogens is 302 g/mol. The SMILES string of the molecule is CC(=O)NC(CC(=O)NCCN1CCOCC1)c1cccs1. The summed E-state index contributed by atoms with van der Waals surface area (Å²) in [4.78, 5) is 26.6. The Morgan fingerprint density at radius 3 is 2.82 bits per heavy atom. The second-order valence-electron chi connectivity index (χ2n) is 5.28. The Kier molecular flexibility index (Phi) is 6.82. The molecule has 1 unspecified atom stereocenters. The number of carbonyl (C=O) groups is 2. The van der Waals surface area contributed by atoms with Crippen LogP contribution in [0.5, 0.6) is 0 Å². The highest BCUT2D eigenvalue weighted by Crippen LogP contribution is 2.21. The number of carbonyl (C=O) groups excluding carboxylic acids is 2. The van der Waals surface area contributed by atoms with Crippen molar-refractivity contribution in [2.75, 3.05) is 39.4 Å². The number of nitrogens with one attached hydrogen (secondary N) is 2. The van der Waals surface area contributed by atoms with Gasteiger partial charge in [0.15, 0.2) is 0 Å². The molecule has 122 valence electrons. The first-order valence-corrected chi connectivity index (χ1v) is 8.40. The number of hydrogen-bond acceptors (Lipinski definition) is 5. The summed E-state index contributed by atoms with van der Waals surface area (Å²) in [5, 5.41) is 7.71. The quantitative estimate of drug-likeness (QED) is 0.777. The molecule has 0 bridgehead atoms. The largest absolute Gasteiger partial charge is 0.379 e. The van der Waals surface area contributed by atoms with Crippen LogP contribution in [0.2, 0.25) is 0 Å². The van der Waals surface area contributed by atoms with Gasteiger partial charge in [-0.25, -0.2) is 0 Å². The number of rotatable bonds is 7. The van der Waals surface area contributed by atoms with Gasteiger partial charge < -0.3 is 15.4 Å². The van der Waals surface area contributed by atoms with Crippen molar-refractivity contribution in [2.24, 2.45) is 0 Å². The van der Waals surface area contributed by atoms with Gasteiger partial charge in [0.1, 0.15) is 0 Å². The molecule has 0 saturated carbocycles. The number of thiophene rings is 1. The van der Waals surface area contributed by atoms with Crippen molar-refractivity contribution < 1.29 is 14.3 Å². The standard InChI is InChI=1S/C15H23N3O3S/c1-12(19)17-13(14-3-2-10-22-14)11-15(20)16-4-5-18-6-8-21-9-7-18/h2-3,10,13H,4-9,11H2,1H3,(H,16,20)(H,17,19). The Hall–Kier alpha value is -1.44. The molecule has 7 heteroatoms. The lowest BCUT2D eigenvalue weighted by molar-refractivity contribution is -0.122. The fraction of sp³-hybridized carbons (Fsp3) is 0.600. The van der Waals surface area contributed by atoms with E-state index in [0.717, 1.165) is 37.7 Å². The van der Waals surface area contributed by atoms with Crippen LogP contribution in [-0.4, -0.2) is 56.1 Å². The monoisotopic (exact) mass is 325 g/mol. The van der Waals surface area contributed by atoms with Crippen molar-refractivity contribution in [1.82, 2.24) is 15.5 Å². The molecule has 22 heavy (non-hydrogen) atoms. The van der Waals surface area contributed by atoms with Crippen LogP contribution in [-0.2, 0) is 14.3 Å². The minimum absolute atomic E-state index is 0.0413. The zero-order valence-electron chi connectivity index (χ0n) is 12.8. The first kappa shape index (κ1) is 16.9. The van der Waals surface area contributed by atoms with Gasteiger partial charge in [0.2, 0.25) is 11.8 Å². The van der Waals surface area contributed by atoms with Gasteiger partial charge in [0.05, 0.1) is 25.7 Å². The van der Waals surface area contributed by atoms with Crippen molar-refractivity contribution in [3.05, 3.63) is 22.4 Å². The van der Waals surface area contributed by atoms with Crippen LogP contribution < -0.4 is 10.6 Å². The Morgan fingerprint density at radius 2 is 2.18 bits per heavy atom. The van der Waals surface area contributed by atoms with Crippen LogP contribution >= 0.6 is 11.3 Å². The molecule has 2 amide bonds. The third kappa shape index (κ3) is 5.75. The highest BCUT2D eigenvalue weighted by molar-refractivity contribution is 7.10. The first-order valence-electron chi connectivity index (χ1n) is 7.52. The summed E-state index contributed by atoms with van der Waals surface area (Å²) in [6.45, 7) is 6.28. The number of amides is 2. The highest BCUT2D eigenvalue weighted by atomic mass is 32.1. The lowest BCUT2D eigenvalue weighted by atomic mass is 10.1. The zero-order valence-corrected chi connectivity index (χ0v) is 13.7. The van der Waals surface area contributed by atoms with Crippen molar-refractivity contribution in [1.29, 1.82) is 0 Å². The Balaban J connectivity index is 1.74. The highest BCUT2D eigenvalue weighted by Gasteiger charge is 2.18. The van der Waals surface area contributed by atoms with E-state index in [1.54, 1.807) is 11.3 Å². The fourth-order valence-corrected chi connectivity index (χ4v) is 3.17. The van der Waals surface area contributed by atoms with Crippen LogP contribution in [0.3, 0.4) is 0 Å². The van der Waals surface area contributed by atoms with Gasteiger partial charge >= 0.3 is 0 Å². The topological polar surface area (TPSA) is 70.7 Å². The predicted molar refractivity (Wildman–Crippen MR) is 85.8 cm³/mol. The molecule has 1 saturated heterocycles. The maximum atomic E-state index is 12.1. The minimum Gasteiger partial charge on any atom is -0.379 e. The zero-order chi connectivity index (χ0) is 15.8. The molecule has 2 N–H and O–H groups in total. The van der Waals surface area contributed by atoms with E-state index in [1.807, 2.05) is 17.5 Å². The lowest BCUT2D eigenvalue weighted by Gasteiger charge is -2.26. The van der Waals surface area contributed by atoms with Crippen LogP contribution in [0.25, 0.3) is 0 Å². The second kappa shape index (κ2) is 8.87. The van der Waals surface area contributed by atoms with Gasteiger partial charge in [0.25, 0.3) is 0 Å². The van der Waals surface area contributed by atoms with E-state index in [1.165, 1.54) is 6.92 Å². The van der Waals surface area contributed by atoms with Crippen molar-refractivity contribution >= 4 is 23.2 Å². The lowest BCUT2D eigenvalue weighted by Crippen LogP contribution is -2.41. The van der Waals surface area contributed by atoms with Gasteiger partial charge in [-0.05, 0) is 11.4 Å². The van der Waals surface area contributed by atoms with Crippen molar-refractivity contribution in [3.63, 3.8) is 0 Å². The molecular formula is C15H23N3O3S. The van der Waals surface area contributed by atoms with E-state index < -0.39 is 0 Å². The van der Waals surface area contributed by atoms with Gasteiger partial charge in [-0.1, -0.05) is 6.07 Å². The third-order valence-corrected chi connectivity index (χ3v) is 4.49. The molecule has 1 aromatic rings. The van der Waals surface area contributed by atoms with Crippen molar-refractivity contribution in [3.8, 4) is 0 Å².